The Hall–Kier alpha value is -1.17. The van der Waals surface area contributed by atoms with E-state index in [1.165, 1.54) is 12.5 Å². The molecule has 0 bridgehead atoms. The number of nitrogens with two attached hydrogens (primary N) is 1. The highest BCUT2D eigenvalue weighted by Gasteiger charge is 2.24. The van der Waals surface area contributed by atoms with E-state index in [9.17, 15) is 9.18 Å². The molecular formula is C17H27ClFN3O. The molecule has 0 aliphatic carbocycles. The van der Waals surface area contributed by atoms with E-state index in [1.807, 2.05) is 0 Å². The molecule has 1 fully saturated rings. The number of rotatable bonds is 6. The monoisotopic (exact) mass is 343 g/mol. The zero-order valence-corrected chi connectivity index (χ0v) is 14.5. The van der Waals surface area contributed by atoms with Gasteiger partial charge < -0.3 is 10.6 Å². The maximum atomic E-state index is 13.7. The average molecular weight is 344 g/mol. The molecule has 1 aromatic carbocycles. The Bertz CT molecular complexity index is 498. The van der Waals surface area contributed by atoms with Gasteiger partial charge in [-0.25, -0.2) is 4.39 Å². The van der Waals surface area contributed by atoms with Crippen LogP contribution in [0.4, 0.5) is 4.39 Å². The summed E-state index contributed by atoms with van der Waals surface area (Å²) in [6.45, 7) is 2.31. The predicted octanol–water partition coefficient (Wildman–Crippen LogP) is 2.41. The molecule has 23 heavy (non-hydrogen) atoms. The number of nitrogens with zero attached hydrogens (tertiary/aromatic N) is 2. The molecule has 2 rings (SSSR count). The van der Waals surface area contributed by atoms with Crippen molar-refractivity contribution in [3.63, 3.8) is 0 Å². The molecule has 6 heteroatoms. The fourth-order valence-electron chi connectivity index (χ4n) is 3.05. The normalized spacial score (nSPS) is 18.3. The van der Waals surface area contributed by atoms with Crippen molar-refractivity contribution in [2.75, 3.05) is 26.7 Å². The van der Waals surface area contributed by atoms with Gasteiger partial charge in [0.05, 0.1) is 6.54 Å². The van der Waals surface area contributed by atoms with Crippen LogP contribution in [0.1, 0.15) is 31.2 Å². The maximum absolute atomic E-state index is 13.7. The lowest BCUT2D eigenvalue weighted by Gasteiger charge is -2.36. The summed E-state index contributed by atoms with van der Waals surface area (Å²) >= 11 is 0. The molecule has 130 valence electrons. The highest BCUT2D eigenvalue weighted by molar-refractivity contribution is 5.85. The van der Waals surface area contributed by atoms with Gasteiger partial charge in [0.15, 0.2) is 0 Å². The highest BCUT2D eigenvalue weighted by Crippen LogP contribution is 2.19. The lowest BCUT2D eigenvalue weighted by Crippen LogP contribution is -2.46. The molecule has 0 spiro atoms. The number of likely N-dealkylation sites (N-methyl/N-ethyl adjacent to an activating group) is 1. The summed E-state index contributed by atoms with van der Waals surface area (Å²) in [6, 6.07) is 7.00. The fraction of sp³-hybridized carbons (Fsp3) is 0.588. The van der Waals surface area contributed by atoms with Crippen molar-refractivity contribution in [3.8, 4) is 0 Å². The summed E-state index contributed by atoms with van der Waals surface area (Å²) in [6.07, 6.45) is 4.39. The molecule has 2 N–H and O–H groups in total. The first-order valence-corrected chi connectivity index (χ1v) is 8.03. The van der Waals surface area contributed by atoms with Gasteiger partial charge in [-0.3, -0.25) is 9.69 Å². The topological polar surface area (TPSA) is 49.6 Å². The first-order chi connectivity index (χ1) is 10.6. The largest absolute Gasteiger partial charge is 0.340 e. The highest BCUT2D eigenvalue weighted by atomic mass is 35.5. The van der Waals surface area contributed by atoms with Crippen LogP contribution in [0.3, 0.4) is 0 Å². The molecule has 0 saturated carbocycles. The lowest BCUT2D eigenvalue weighted by atomic mass is 9.99. The van der Waals surface area contributed by atoms with E-state index in [0.29, 0.717) is 31.2 Å². The van der Waals surface area contributed by atoms with Crippen LogP contribution in [0, 0.1) is 5.82 Å². The molecule has 1 aliphatic rings. The van der Waals surface area contributed by atoms with Crippen molar-refractivity contribution in [2.24, 2.45) is 5.73 Å². The van der Waals surface area contributed by atoms with Gasteiger partial charge >= 0.3 is 0 Å². The van der Waals surface area contributed by atoms with Crippen molar-refractivity contribution in [3.05, 3.63) is 35.6 Å². The number of piperidine rings is 1. The second-order valence-electron chi connectivity index (χ2n) is 6.04. The van der Waals surface area contributed by atoms with Crippen LogP contribution in [0.5, 0.6) is 0 Å². The Balaban J connectivity index is 0.00000264. The van der Waals surface area contributed by atoms with Crippen LogP contribution in [0.2, 0.25) is 0 Å². The third kappa shape index (κ3) is 5.75. The van der Waals surface area contributed by atoms with Crippen LogP contribution >= 0.6 is 12.4 Å². The second-order valence-corrected chi connectivity index (χ2v) is 6.04. The lowest BCUT2D eigenvalue weighted by molar-refractivity contribution is -0.132. The fourth-order valence-corrected chi connectivity index (χ4v) is 3.05. The molecule has 0 radical (unpaired) electrons. The Morgan fingerprint density at radius 3 is 2.83 bits per heavy atom. The van der Waals surface area contributed by atoms with Crippen LogP contribution in [0.25, 0.3) is 0 Å². The third-order valence-corrected chi connectivity index (χ3v) is 4.38. The van der Waals surface area contributed by atoms with E-state index in [1.54, 1.807) is 30.1 Å². The van der Waals surface area contributed by atoms with Crippen molar-refractivity contribution in [1.29, 1.82) is 0 Å². The molecule has 0 aromatic heterocycles. The SMILES string of the molecule is CN(Cc1ccccc1F)C(=O)CN1CCCCC1CCN.Cl. The van der Waals surface area contributed by atoms with Gasteiger partial charge in [0.1, 0.15) is 5.82 Å². The predicted molar refractivity (Wildman–Crippen MR) is 93.0 cm³/mol. The minimum atomic E-state index is -0.263. The van der Waals surface area contributed by atoms with Gasteiger partial charge in [-0.15, -0.1) is 12.4 Å². The first kappa shape index (κ1) is 19.9. The molecular weight excluding hydrogens is 317 g/mol. The Labute approximate surface area is 144 Å². The van der Waals surface area contributed by atoms with Crippen molar-refractivity contribution in [1.82, 2.24) is 9.80 Å². The zero-order valence-electron chi connectivity index (χ0n) is 13.7. The first-order valence-electron chi connectivity index (χ1n) is 8.03. The van der Waals surface area contributed by atoms with Gasteiger partial charge in [-0.2, -0.15) is 0 Å². The van der Waals surface area contributed by atoms with Crippen LogP contribution < -0.4 is 5.73 Å². The number of benzene rings is 1. The third-order valence-electron chi connectivity index (χ3n) is 4.38. The zero-order chi connectivity index (χ0) is 15.9. The molecule has 1 unspecified atom stereocenters. The number of likely N-dealkylation sites (tertiary alicyclic amines) is 1. The van der Waals surface area contributed by atoms with E-state index in [0.717, 1.165) is 25.8 Å². The summed E-state index contributed by atoms with van der Waals surface area (Å²) in [7, 11) is 1.73. The Morgan fingerprint density at radius 1 is 1.39 bits per heavy atom. The van der Waals surface area contributed by atoms with Crippen molar-refractivity contribution >= 4 is 18.3 Å². The van der Waals surface area contributed by atoms with Gasteiger partial charge in [0.25, 0.3) is 0 Å². The number of hydrogen-bond donors (Lipinski definition) is 1. The summed E-state index contributed by atoms with van der Waals surface area (Å²) in [5, 5.41) is 0. The molecule has 1 atom stereocenters. The molecule has 4 nitrogen and oxygen atoms in total. The summed E-state index contributed by atoms with van der Waals surface area (Å²) in [5.74, 6) is -0.228. The van der Waals surface area contributed by atoms with E-state index in [2.05, 4.69) is 4.90 Å². The molecule has 1 amide bonds. The van der Waals surface area contributed by atoms with Gasteiger partial charge in [-0.1, -0.05) is 24.6 Å². The van der Waals surface area contributed by atoms with E-state index < -0.39 is 0 Å². The quantitative estimate of drug-likeness (QED) is 0.863. The Kier molecular flexibility index (Phi) is 8.52. The summed E-state index contributed by atoms with van der Waals surface area (Å²) < 4.78 is 13.7. The van der Waals surface area contributed by atoms with Gasteiger partial charge in [0.2, 0.25) is 5.91 Å². The van der Waals surface area contributed by atoms with Crippen LogP contribution in [-0.4, -0.2) is 48.4 Å². The molecule has 1 aromatic rings. The number of amides is 1. The summed E-state index contributed by atoms with van der Waals surface area (Å²) in [4.78, 5) is 16.2. The molecule has 1 heterocycles. The van der Waals surface area contributed by atoms with E-state index >= 15 is 0 Å². The minimum Gasteiger partial charge on any atom is -0.340 e. The van der Waals surface area contributed by atoms with Gasteiger partial charge in [-0.05, 0) is 38.4 Å². The maximum Gasteiger partial charge on any atom is 0.236 e. The minimum absolute atomic E-state index is 0. The van der Waals surface area contributed by atoms with E-state index in [-0.39, 0.29) is 24.1 Å². The van der Waals surface area contributed by atoms with Gasteiger partial charge in [0, 0.05) is 25.2 Å². The van der Waals surface area contributed by atoms with Crippen molar-refractivity contribution in [2.45, 2.75) is 38.3 Å². The van der Waals surface area contributed by atoms with Crippen LogP contribution in [0.15, 0.2) is 24.3 Å². The molecule has 1 saturated heterocycles. The number of carbonyl (C=O) groups is 1. The van der Waals surface area contributed by atoms with Crippen LogP contribution in [-0.2, 0) is 11.3 Å². The summed E-state index contributed by atoms with van der Waals surface area (Å²) in [5.41, 5.74) is 6.22. The number of hydrogen-bond acceptors (Lipinski definition) is 3. The number of halogens is 2. The van der Waals surface area contributed by atoms with Crippen molar-refractivity contribution < 1.29 is 9.18 Å². The average Bonchev–Trinajstić information content (AvgIpc) is 2.51. The smallest absolute Gasteiger partial charge is 0.236 e. The number of carbonyl (C=O) groups excluding carboxylic acids is 1. The Morgan fingerprint density at radius 2 is 2.13 bits per heavy atom. The molecule has 1 aliphatic heterocycles. The van der Waals surface area contributed by atoms with E-state index in [4.69, 9.17) is 5.73 Å². The second kappa shape index (κ2) is 9.85. The standard InChI is InChI=1S/C17H26FN3O.ClH/c1-20(12-14-6-2-3-8-16(14)18)17(22)13-21-11-5-4-7-15(21)9-10-19;/h2-3,6,8,15H,4-5,7,9-13,19H2,1H3;1H.